The Morgan fingerprint density at radius 1 is 1.00 bits per heavy atom. The molecule has 2 nitrogen and oxygen atoms in total. The van der Waals surface area contributed by atoms with Crippen molar-refractivity contribution in [2.24, 2.45) is 0 Å². The molecule has 0 radical (unpaired) electrons. The summed E-state index contributed by atoms with van der Waals surface area (Å²) in [7, 11) is 0. The van der Waals surface area contributed by atoms with E-state index in [4.69, 9.17) is 0 Å². The molecule has 2 heterocycles. The normalized spacial score (nSPS) is 17.8. The van der Waals surface area contributed by atoms with E-state index < -0.39 is 0 Å². The Morgan fingerprint density at radius 3 is 2.50 bits per heavy atom. The lowest BCUT2D eigenvalue weighted by Gasteiger charge is -2.34. The van der Waals surface area contributed by atoms with Gasteiger partial charge in [0.05, 0.1) is 6.04 Å². The standard InChI is InChI=1S/C17H22N2S/c1-3-8-15(9-4-1)18-14-16(17-10-7-13-20-17)19-11-5-2-6-12-19/h1,3-4,7-10,13,16,18H,2,5-6,11-12,14H2. The van der Waals surface area contributed by atoms with E-state index in [1.807, 2.05) is 11.3 Å². The van der Waals surface area contributed by atoms with E-state index in [9.17, 15) is 0 Å². The molecule has 0 saturated carbocycles. The van der Waals surface area contributed by atoms with Crippen LogP contribution in [0.4, 0.5) is 5.69 Å². The number of hydrogen-bond acceptors (Lipinski definition) is 3. The van der Waals surface area contributed by atoms with Gasteiger partial charge < -0.3 is 5.32 Å². The van der Waals surface area contributed by atoms with Crippen molar-refractivity contribution in [3.05, 3.63) is 52.7 Å². The summed E-state index contributed by atoms with van der Waals surface area (Å²) in [6, 6.07) is 15.5. The van der Waals surface area contributed by atoms with E-state index in [1.165, 1.54) is 42.9 Å². The Morgan fingerprint density at radius 2 is 1.80 bits per heavy atom. The third kappa shape index (κ3) is 3.41. The zero-order valence-electron chi connectivity index (χ0n) is 11.8. The summed E-state index contributed by atoms with van der Waals surface area (Å²) in [4.78, 5) is 4.13. The highest BCUT2D eigenvalue weighted by Crippen LogP contribution is 2.28. The highest BCUT2D eigenvalue weighted by atomic mass is 32.1. The number of anilines is 1. The number of benzene rings is 1. The summed E-state index contributed by atoms with van der Waals surface area (Å²) in [6.45, 7) is 3.46. The second-order valence-electron chi connectivity index (χ2n) is 5.37. The van der Waals surface area contributed by atoms with Gasteiger partial charge in [0.2, 0.25) is 0 Å². The molecule has 1 N–H and O–H groups in total. The Kier molecular flexibility index (Phi) is 4.72. The molecule has 2 aromatic rings. The fourth-order valence-electron chi connectivity index (χ4n) is 2.89. The lowest BCUT2D eigenvalue weighted by molar-refractivity contribution is 0.173. The van der Waals surface area contributed by atoms with Gasteiger partial charge in [0.15, 0.2) is 0 Å². The first-order valence-electron chi connectivity index (χ1n) is 7.50. The summed E-state index contributed by atoms with van der Waals surface area (Å²) in [6.07, 6.45) is 4.07. The van der Waals surface area contributed by atoms with Crippen LogP contribution in [-0.2, 0) is 0 Å². The Bertz CT molecular complexity index is 489. The highest BCUT2D eigenvalue weighted by molar-refractivity contribution is 7.10. The zero-order valence-corrected chi connectivity index (χ0v) is 12.6. The van der Waals surface area contributed by atoms with Crippen molar-refractivity contribution in [1.29, 1.82) is 0 Å². The van der Waals surface area contributed by atoms with Crippen molar-refractivity contribution >= 4 is 17.0 Å². The molecular formula is C17H22N2S. The number of nitrogens with zero attached hydrogens (tertiary/aromatic N) is 1. The first-order chi connectivity index (χ1) is 9.93. The van der Waals surface area contributed by atoms with Crippen LogP contribution in [0.3, 0.4) is 0 Å². The minimum absolute atomic E-state index is 0.510. The van der Waals surface area contributed by atoms with E-state index in [0.29, 0.717) is 6.04 Å². The van der Waals surface area contributed by atoms with Crippen molar-refractivity contribution in [2.75, 3.05) is 25.0 Å². The molecule has 1 saturated heterocycles. The predicted octanol–water partition coefficient (Wildman–Crippen LogP) is 4.39. The van der Waals surface area contributed by atoms with Crippen LogP contribution in [0.2, 0.25) is 0 Å². The quantitative estimate of drug-likeness (QED) is 0.877. The molecule has 1 aromatic heterocycles. The molecule has 1 fully saturated rings. The fraction of sp³-hybridized carbons (Fsp3) is 0.412. The molecule has 0 aliphatic carbocycles. The lowest BCUT2D eigenvalue weighted by Crippen LogP contribution is -2.36. The number of thiophene rings is 1. The van der Waals surface area contributed by atoms with Crippen LogP contribution in [0.15, 0.2) is 47.8 Å². The molecule has 0 bridgehead atoms. The average molecular weight is 286 g/mol. The summed E-state index contributed by atoms with van der Waals surface area (Å²) >= 11 is 1.88. The molecule has 3 heteroatoms. The van der Waals surface area contributed by atoms with Gasteiger partial charge in [0, 0.05) is 17.1 Å². The predicted molar refractivity (Wildman–Crippen MR) is 87.4 cm³/mol. The van der Waals surface area contributed by atoms with E-state index in [0.717, 1.165) is 6.54 Å². The Labute approximate surface area is 125 Å². The molecular weight excluding hydrogens is 264 g/mol. The van der Waals surface area contributed by atoms with Gasteiger partial charge in [0.25, 0.3) is 0 Å². The minimum atomic E-state index is 0.510. The second-order valence-corrected chi connectivity index (χ2v) is 6.35. The average Bonchev–Trinajstić information content (AvgIpc) is 3.04. The first kappa shape index (κ1) is 13.7. The van der Waals surface area contributed by atoms with Crippen molar-refractivity contribution < 1.29 is 0 Å². The number of rotatable bonds is 5. The molecule has 0 amide bonds. The smallest absolute Gasteiger partial charge is 0.0615 e. The molecule has 3 rings (SSSR count). The van der Waals surface area contributed by atoms with Crippen LogP contribution >= 0.6 is 11.3 Å². The van der Waals surface area contributed by atoms with Crippen LogP contribution in [0.5, 0.6) is 0 Å². The molecule has 20 heavy (non-hydrogen) atoms. The highest BCUT2D eigenvalue weighted by Gasteiger charge is 2.22. The van der Waals surface area contributed by atoms with Gasteiger partial charge in [-0.15, -0.1) is 11.3 Å². The SMILES string of the molecule is c1ccc(NCC(c2cccs2)N2CCCCC2)cc1. The van der Waals surface area contributed by atoms with Crippen molar-refractivity contribution in [3.8, 4) is 0 Å². The second kappa shape index (κ2) is 6.91. The summed E-state index contributed by atoms with van der Waals surface area (Å²) in [5.74, 6) is 0. The topological polar surface area (TPSA) is 15.3 Å². The monoisotopic (exact) mass is 286 g/mol. The van der Waals surface area contributed by atoms with Gasteiger partial charge in [-0.3, -0.25) is 4.90 Å². The van der Waals surface area contributed by atoms with Crippen LogP contribution < -0.4 is 5.32 Å². The maximum atomic E-state index is 3.60. The van der Waals surface area contributed by atoms with E-state index >= 15 is 0 Å². The van der Waals surface area contributed by atoms with Crippen molar-refractivity contribution in [1.82, 2.24) is 4.90 Å². The van der Waals surface area contributed by atoms with Crippen LogP contribution in [0, 0.1) is 0 Å². The van der Waals surface area contributed by atoms with Gasteiger partial charge in [0.1, 0.15) is 0 Å². The van der Waals surface area contributed by atoms with Crippen LogP contribution in [0.1, 0.15) is 30.2 Å². The van der Waals surface area contributed by atoms with Gasteiger partial charge in [-0.1, -0.05) is 30.7 Å². The summed E-state index contributed by atoms with van der Waals surface area (Å²) in [5, 5.41) is 5.78. The molecule has 1 atom stereocenters. The first-order valence-corrected chi connectivity index (χ1v) is 8.38. The van der Waals surface area contributed by atoms with Gasteiger partial charge >= 0.3 is 0 Å². The molecule has 0 spiro atoms. The molecule has 1 aromatic carbocycles. The van der Waals surface area contributed by atoms with Gasteiger partial charge in [-0.2, -0.15) is 0 Å². The van der Waals surface area contributed by atoms with Crippen molar-refractivity contribution in [2.45, 2.75) is 25.3 Å². The van der Waals surface area contributed by atoms with E-state index in [1.54, 1.807) is 0 Å². The maximum Gasteiger partial charge on any atom is 0.0615 e. The molecule has 1 unspecified atom stereocenters. The number of nitrogens with one attached hydrogen (secondary N) is 1. The largest absolute Gasteiger partial charge is 0.383 e. The van der Waals surface area contributed by atoms with E-state index in [2.05, 4.69) is 58.1 Å². The Balaban J connectivity index is 1.69. The third-order valence-corrected chi connectivity index (χ3v) is 4.95. The third-order valence-electron chi connectivity index (χ3n) is 3.98. The summed E-state index contributed by atoms with van der Waals surface area (Å²) < 4.78 is 0. The number of hydrogen-bond donors (Lipinski definition) is 1. The van der Waals surface area contributed by atoms with Gasteiger partial charge in [-0.25, -0.2) is 0 Å². The fourth-order valence-corrected chi connectivity index (χ4v) is 3.75. The Hall–Kier alpha value is -1.32. The van der Waals surface area contributed by atoms with Gasteiger partial charge in [-0.05, 0) is 49.5 Å². The number of likely N-dealkylation sites (tertiary alicyclic amines) is 1. The molecule has 106 valence electrons. The zero-order chi connectivity index (χ0) is 13.6. The molecule has 1 aliphatic heterocycles. The maximum absolute atomic E-state index is 3.60. The van der Waals surface area contributed by atoms with Crippen molar-refractivity contribution in [3.63, 3.8) is 0 Å². The summed E-state index contributed by atoms with van der Waals surface area (Å²) in [5.41, 5.74) is 1.21. The van der Waals surface area contributed by atoms with E-state index in [-0.39, 0.29) is 0 Å². The lowest BCUT2D eigenvalue weighted by atomic mass is 10.1. The van der Waals surface area contributed by atoms with Crippen LogP contribution in [-0.4, -0.2) is 24.5 Å². The van der Waals surface area contributed by atoms with Crippen LogP contribution in [0.25, 0.3) is 0 Å². The number of para-hydroxylation sites is 1. The number of piperidine rings is 1. The minimum Gasteiger partial charge on any atom is -0.383 e. The molecule has 1 aliphatic rings.